The summed E-state index contributed by atoms with van der Waals surface area (Å²) in [5, 5.41) is 15.7. The van der Waals surface area contributed by atoms with E-state index in [1.807, 2.05) is 12.3 Å². The van der Waals surface area contributed by atoms with Crippen molar-refractivity contribution in [3.63, 3.8) is 0 Å². The molecule has 0 aromatic carbocycles. The zero-order valence-electron chi connectivity index (χ0n) is 11.4. The highest BCUT2D eigenvalue weighted by Crippen LogP contribution is 2.23. The first-order valence-electron chi connectivity index (χ1n) is 6.90. The fraction of sp³-hybridized carbons (Fsp3) is 0.615. The normalized spacial score (nSPS) is 15.2. The van der Waals surface area contributed by atoms with Crippen molar-refractivity contribution in [2.45, 2.75) is 38.3 Å². The van der Waals surface area contributed by atoms with Crippen molar-refractivity contribution in [3.05, 3.63) is 18.5 Å². The summed E-state index contributed by atoms with van der Waals surface area (Å²) >= 11 is 0. The molecule has 1 aromatic rings. The molecule has 1 heterocycles. The molecule has 0 atom stereocenters. The van der Waals surface area contributed by atoms with Crippen molar-refractivity contribution in [1.29, 1.82) is 0 Å². The summed E-state index contributed by atoms with van der Waals surface area (Å²) in [5.41, 5.74) is 0. The minimum Gasteiger partial charge on any atom is -0.480 e. The van der Waals surface area contributed by atoms with Crippen LogP contribution in [-0.2, 0) is 11.3 Å². The number of carbonyl (C=O) groups is 2. The first-order chi connectivity index (χ1) is 9.66. The molecule has 7 heteroatoms. The Morgan fingerprint density at radius 3 is 2.75 bits per heavy atom. The monoisotopic (exact) mass is 280 g/mol. The molecule has 20 heavy (non-hydrogen) atoms. The molecule has 2 N–H and O–H groups in total. The van der Waals surface area contributed by atoms with Gasteiger partial charge >= 0.3 is 12.0 Å². The van der Waals surface area contributed by atoms with Crippen LogP contribution in [0.15, 0.2) is 18.5 Å². The average Bonchev–Trinajstić information content (AvgIpc) is 3.08. The zero-order valence-corrected chi connectivity index (χ0v) is 11.4. The van der Waals surface area contributed by atoms with Gasteiger partial charge in [-0.3, -0.25) is 9.48 Å². The predicted molar refractivity (Wildman–Crippen MR) is 72.2 cm³/mol. The number of hydrogen-bond donors (Lipinski definition) is 2. The number of nitrogens with one attached hydrogen (secondary N) is 1. The van der Waals surface area contributed by atoms with Crippen LogP contribution >= 0.6 is 0 Å². The molecule has 1 aliphatic rings. The number of carbonyl (C=O) groups excluding carboxylic acids is 1. The molecule has 1 aromatic heterocycles. The second kappa shape index (κ2) is 6.93. The number of aromatic nitrogens is 2. The number of carboxylic acid groups (broad SMARTS) is 1. The topological polar surface area (TPSA) is 87.5 Å². The second-order valence-corrected chi connectivity index (χ2v) is 4.96. The lowest BCUT2D eigenvalue weighted by molar-refractivity contribution is -0.138. The van der Waals surface area contributed by atoms with Gasteiger partial charge in [0.2, 0.25) is 0 Å². The maximum absolute atomic E-state index is 12.1. The maximum atomic E-state index is 12.1. The fourth-order valence-electron chi connectivity index (χ4n) is 2.54. The van der Waals surface area contributed by atoms with Crippen LogP contribution in [0, 0.1) is 0 Å². The summed E-state index contributed by atoms with van der Waals surface area (Å²) in [5.74, 6) is -0.973. The average molecular weight is 280 g/mol. The molecule has 0 spiro atoms. The van der Waals surface area contributed by atoms with Crippen LogP contribution in [0.2, 0.25) is 0 Å². The summed E-state index contributed by atoms with van der Waals surface area (Å²) < 4.78 is 1.72. The summed E-state index contributed by atoms with van der Waals surface area (Å²) in [6.45, 7) is 0.770. The van der Waals surface area contributed by atoms with E-state index in [0.717, 1.165) is 25.7 Å². The number of aliphatic carboxylic acids is 1. The lowest BCUT2D eigenvalue weighted by Gasteiger charge is -2.27. The van der Waals surface area contributed by atoms with Crippen molar-refractivity contribution in [2.24, 2.45) is 0 Å². The fourth-order valence-corrected chi connectivity index (χ4v) is 2.54. The molecule has 1 saturated carbocycles. The number of urea groups is 1. The molecule has 0 radical (unpaired) electrons. The number of carboxylic acids is 1. The predicted octanol–water partition coefficient (Wildman–Crippen LogP) is 0.922. The SMILES string of the molecule is O=C(O)CN(C(=O)NCCn1cccn1)C1CCCC1. The van der Waals surface area contributed by atoms with Crippen LogP contribution in [0.1, 0.15) is 25.7 Å². The first kappa shape index (κ1) is 14.4. The van der Waals surface area contributed by atoms with Crippen molar-refractivity contribution in [2.75, 3.05) is 13.1 Å². The smallest absolute Gasteiger partial charge is 0.323 e. The van der Waals surface area contributed by atoms with Crippen LogP contribution in [0.25, 0.3) is 0 Å². The number of amides is 2. The highest BCUT2D eigenvalue weighted by molar-refractivity contribution is 5.80. The van der Waals surface area contributed by atoms with E-state index in [2.05, 4.69) is 10.4 Å². The van der Waals surface area contributed by atoms with Crippen LogP contribution in [0.5, 0.6) is 0 Å². The maximum Gasteiger partial charge on any atom is 0.323 e. The van der Waals surface area contributed by atoms with E-state index in [4.69, 9.17) is 5.11 Å². The quantitative estimate of drug-likeness (QED) is 0.811. The lowest BCUT2D eigenvalue weighted by atomic mass is 10.2. The van der Waals surface area contributed by atoms with E-state index in [9.17, 15) is 9.59 Å². The van der Waals surface area contributed by atoms with Gasteiger partial charge in [0.15, 0.2) is 0 Å². The minimum absolute atomic E-state index is 0.0517. The highest BCUT2D eigenvalue weighted by Gasteiger charge is 2.28. The number of nitrogens with zero attached hydrogens (tertiary/aromatic N) is 3. The molecule has 7 nitrogen and oxygen atoms in total. The van der Waals surface area contributed by atoms with Crippen molar-refractivity contribution < 1.29 is 14.7 Å². The Morgan fingerprint density at radius 2 is 2.15 bits per heavy atom. The molecule has 2 rings (SSSR count). The van der Waals surface area contributed by atoms with E-state index >= 15 is 0 Å². The van der Waals surface area contributed by atoms with Gasteiger partial charge in [-0.05, 0) is 18.9 Å². The van der Waals surface area contributed by atoms with Crippen molar-refractivity contribution >= 4 is 12.0 Å². The number of hydrogen-bond acceptors (Lipinski definition) is 3. The molecule has 2 amide bonds. The highest BCUT2D eigenvalue weighted by atomic mass is 16.4. The Morgan fingerprint density at radius 1 is 1.40 bits per heavy atom. The van der Waals surface area contributed by atoms with Gasteiger partial charge in [0.25, 0.3) is 0 Å². The van der Waals surface area contributed by atoms with Gasteiger partial charge in [-0.25, -0.2) is 4.79 Å². The third-order valence-electron chi connectivity index (χ3n) is 3.51. The van der Waals surface area contributed by atoms with Gasteiger partial charge in [-0.2, -0.15) is 5.10 Å². The Balaban J connectivity index is 1.83. The van der Waals surface area contributed by atoms with Crippen LogP contribution in [0.4, 0.5) is 4.79 Å². The van der Waals surface area contributed by atoms with E-state index in [1.54, 1.807) is 10.9 Å². The Bertz CT molecular complexity index is 440. The molecule has 0 aliphatic heterocycles. The van der Waals surface area contributed by atoms with Crippen LogP contribution in [-0.4, -0.2) is 50.9 Å². The second-order valence-electron chi connectivity index (χ2n) is 4.96. The van der Waals surface area contributed by atoms with Crippen molar-refractivity contribution in [3.8, 4) is 0 Å². The van der Waals surface area contributed by atoms with Gasteiger partial charge < -0.3 is 15.3 Å². The Kier molecular flexibility index (Phi) is 4.97. The van der Waals surface area contributed by atoms with E-state index in [1.165, 1.54) is 4.90 Å². The lowest BCUT2D eigenvalue weighted by Crippen LogP contribution is -2.48. The summed E-state index contributed by atoms with van der Waals surface area (Å²) in [6, 6.07) is 1.57. The van der Waals surface area contributed by atoms with Crippen LogP contribution < -0.4 is 5.32 Å². The van der Waals surface area contributed by atoms with Gasteiger partial charge in [-0.15, -0.1) is 0 Å². The molecular formula is C13H20N4O3. The molecule has 1 fully saturated rings. The van der Waals surface area contributed by atoms with Gasteiger partial charge in [0.1, 0.15) is 6.54 Å². The standard InChI is InChI=1S/C13H20N4O3/c18-12(19)10-17(11-4-1-2-5-11)13(20)14-7-9-16-8-3-6-15-16/h3,6,8,11H,1-2,4-5,7,9-10H2,(H,14,20)(H,18,19). The Hall–Kier alpha value is -2.05. The number of rotatable bonds is 6. The van der Waals surface area contributed by atoms with E-state index < -0.39 is 5.97 Å². The van der Waals surface area contributed by atoms with E-state index in [-0.39, 0.29) is 18.6 Å². The zero-order chi connectivity index (χ0) is 14.4. The van der Waals surface area contributed by atoms with Crippen LogP contribution in [0.3, 0.4) is 0 Å². The molecule has 0 saturated heterocycles. The Labute approximate surface area is 117 Å². The minimum atomic E-state index is -0.973. The van der Waals surface area contributed by atoms with Gasteiger partial charge in [0, 0.05) is 25.0 Å². The van der Waals surface area contributed by atoms with E-state index in [0.29, 0.717) is 13.1 Å². The summed E-state index contributed by atoms with van der Waals surface area (Å²) in [4.78, 5) is 24.5. The molecule has 110 valence electrons. The molecule has 0 unspecified atom stereocenters. The summed E-state index contributed by atoms with van der Waals surface area (Å²) in [7, 11) is 0. The molecule has 0 bridgehead atoms. The summed E-state index contributed by atoms with van der Waals surface area (Å²) in [6.07, 6.45) is 7.39. The molecular weight excluding hydrogens is 260 g/mol. The first-order valence-corrected chi connectivity index (χ1v) is 6.90. The third-order valence-corrected chi connectivity index (χ3v) is 3.51. The third kappa shape index (κ3) is 3.97. The van der Waals surface area contributed by atoms with Gasteiger partial charge in [-0.1, -0.05) is 12.8 Å². The largest absolute Gasteiger partial charge is 0.480 e. The van der Waals surface area contributed by atoms with Crippen molar-refractivity contribution in [1.82, 2.24) is 20.0 Å². The molecule has 1 aliphatic carbocycles. The van der Waals surface area contributed by atoms with Gasteiger partial charge in [0.05, 0.1) is 6.54 Å².